The zero-order chi connectivity index (χ0) is 16.8. The number of carbonyl (C=O) groups is 2. The number of amides is 2. The molecule has 0 saturated heterocycles. The van der Waals surface area contributed by atoms with Crippen molar-refractivity contribution in [3.05, 3.63) is 59.4 Å². The summed E-state index contributed by atoms with van der Waals surface area (Å²) in [5.74, 6) is -3.00. The third-order valence-electron chi connectivity index (χ3n) is 2.97. The highest BCUT2D eigenvalue weighted by molar-refractivity contribution is 6.04. The number of aromatic nitrogens is 1. The van der Waals surface area contributed by atoms with Gasteiger partial charge in [-0.25, -0.2) is 8.78 Å². The van der Waals surface area contributed by atoms with Crippen LogP contribution in [-0.4, -0.2) is 23.3 Å². The number of halogens is 2. The summed E-state index contributed by atoms with van der Waals surface area (Å²) in [6.07, 6.45) is 2.13. The van der Waals surface area contributed by atoms with Crippen molar-refractivity contribution in [2.45, 2.75) is 13.3 Å². The van der Waals surface area contributed by atoms with Gasteiger partial charge in [0.15, 0.2) is 11.6 Å². The van der Waals surface area contributed by atoms with Gasteiger partial charge in [0.1, 0.15) is 5.69 Å². The van der Waals surface area contributed by atoms with Crippen molar-refractivity contribution in [2.75, 3.05) is 11.9 Å². The van der Waals surface area contributed by atoms with Crippen molar-refractivity contribution >= 4 is 17.5 Å². The van der Waals surface area contributed by atoms with E-state index in [-0.39, 0.29) is 17.3 Å². The highest BCUT2D eigenvalue weighted by Crippen LogP contribution is 2.14. The second kappa shape index (κ2) is 7.44. The number of rotatable bonds is 5. The lowest BCUT2D eigenvalue weighted by atomic mass is 10.2. The Balaban J connectivity index is 2.13. The first-order valence-electron chi connectivity index (χ1n) is 7.02. The van der Waals surface area contributed by atoms with Gasteiger partial charge in [-0.3, -0.25) is 14.6 Å². The number of nitrogens with zero attached hydrogens (tertiary/aromatic N) is 1. The molecule has 1 heterocycles. The number of nitrogens with one attached hydrogen (secondary N) is 2. The average molecular weight is 319 g/mol. The Morgan fingerprint density at radius 2 is 1.87 bits per heavy atom. The Hall–Kier alpha value is -2.83. The Bertz CT molecular complexity index is 735. The second-order valence-electron chi connectivity index (χ2n) is 4.77. The molecule has 0 fully saturated rings. The summed E-state index contributed by atoms with van der Waals surface area (Å²) in [4.78, 5) is 27.8. The molecule has 0 radical (unpaired) electrons. The van der Waals surface area contributed by atoms with Crippen molar-refractivity contribution in [3.8, 4) is 0 Å². The number of anilines is 1. The summed E-state index contributed by atoms with van der Waals surface area (Å²) >= 11 is 0. The van der Waals surface area contributed by atoms with E-state index in [4.69, 9.17) is 0 Å². The zero-order valence-electron chi connectivity index (χ0n) is 12.4. The van der Waals surface area contributed by atoms with Crippen LogP contribution in [0.5, 0.6) is 0 Å². The molecule has 0 aliphatic carbocycles. The largest absolute Gasteiger partial charge is 0.352 e. The van der Waals surface area contributed by atoms with Gasteiger partial charge in [0.25, 0.3) is 11.8 Å². The summed E-state index contributed by atoms with van der Waals surface area (Å²) in [5.41, 5.74) is 0.388. The van der Waals surface area contributed by atoms with Gasteiger partial charge in [0.2, 0.25) is 0 Å². The first kappa shape index (κ1) is 16.5. The maximum atomic E-state index is 13.1. The molecule has 7 heteroatoms. The SMILES string of the molecule is CCCNC(=O)c1ccnc(C(=O)Nc2ccc(F)c(F)c2)c1. The zero-order valence-corrected chi connectivity index (χ0v) is 12.4. The predicted octanol–water partition coefficient (Wildman–Crippen LogP) is 2.75. The molecule has 1 aromatic heterocycles. The van der Waals surface area contributed by atoms with Gasteiger partial charge in [-0.2, -0.15) is 0 Å². The summed E-state index contributed by atoms with van der Waals surface area (Å²) in [7, 11) is 0. The van der Waals surface area contributed by atoms with E-state index in [2.05, 4.69) is 15.6 Å². The van der Waals surface area contributed by atoms with Gasteiger partial charge in [-0.15, -0.1) is 0 Å². The first-order chi connectivity index (χ1) is 11.0. The second-order valence-corrected chi connectivity index (χ2v) is 4.77. The summed E-state index contributed by atoms with van der Waals surface area (Å²) in [5, 5.41) is 5.08. The Morgan fingerprint density at radius 1 is 1.09 bits per heavy atom. The monoisotopic (exact) mass is 319 g/mol. The first-order valence-corrected chi connectivity index (χ1v) is 7.02. The van der Waals surface area contributed by atoms with Gasteiger partial charge in [0, 0.05) is 30.1 Å². The van der Waals surface area contributed by atoms with E-state index in [0.717, 1.165) is 18.6 Å². The molecule has 23 heavy (non-hydrogen) atoms. The van der Waals surface area contributed by atoms with Crippen LogP contribution in [0.2, 0.25) is 0 Å². The van der Waals surface area contributed by atoms with Crippen LogP contribution in [0.4, 0.5) is 14.5 Å². The molecule has 2 amide bonds. The molecule has 2 aromatic rings. The van der Waals surface area contributed by atoms with E-state index < -0.39 is 17.5 Å². The van der Waals surface area contributed by atoms with Gasteiger partial charge < -0.3 is 10.6 Å². The third kappa shape index (κ3) is 4.32. The van der Waals surface area contributed by atoms with E-state index >= 15 is 0 Å². The van der Waals surface area contributed by atoms with E-state index in [1.807, 2.05) is 6.92 Å². The van der Waals surface area contributed by atoms with Crippen LogP contribution >= 0.6 is 0 Å². The van der Waals surface area contributed by atoms with Crippen LogP contribution in [0.3, 0.4) is 0 Å². The van der Waals surface area contributed by atoms with Gasteiger partial charge in [-0.05, 0) is 30.7 Å². The fraction of sp³-hybridized carbons (Fsp3) is 0.188. The molecule has 0 saturated carbocycles. The minimum atomic E-state index is -1.07. The fourth-order valence-electron chi connectivity index (χ4n) is 1.81. The number of hydrogen-bond donors (Lipinski definition) is 2. The molecule has 2 N–H and O–H groups in total. The number of carbonyl (C=O) groups excluding carboxylic acids is 2. The lowest BCUT2D eigenvalue weighted by molar-refractivity contribution is 0.0953. The van der Waals surface area contributed by atoms with Crippen molar-refractivity contribution in [1.29, 1.82) is 0 Å². The van der Waals surface area contributed by atoms with Crippen LogP contribution in [0, 0.1) is 11.6 Å². The highest BCUT2D eigenvalue weighted by atomic mass is 19.2. The normalized spacial score (nSPS) is 10.2. The van der Waals surface area contributed by atoms with Crippen LogP contribution in [-0.2, 0) is 0 Å². The van der Waals surface area contributed by atoms with Crippen molar-refractivity contribution < 1.29 is 18.4 Å². The molecule has 0 bridgehead atoms. The molecule has 2 rings (SSSR count). The minimum absolute atomic E-state index is 0.00104. The molecule has 0 aliphatic rings. The maximum Gasteiger partial charge on any atom is 0.274 e. The Morgan fingerprint density at radius 3 is 2.57 bits per heavy atom. The van der Waals surface area contributed by atoms with E-state index in [0.29, 0.717) is 12.1 Å². The molecule has 5 nitrogen and oxygen atoms in total. The fourth-order valence-corrected chi connectivity index (χ4v) is 1.81. The summed E-state index contributed by atoms with van der Waals surface area (Å²) in [6.45, 7) is 2.45. The molecular weight excluding hydrogens is 304 g/mol. The number of pyridine rings is 1. The Labute approximate surface area is 131 Å². The highest BCUT2D eigenvalue weighted by Gasteiger charge is 2.12. The quantitative estimate of drug-likeness (QED) is 0.890. The number of hydrogen-bond acceptors (Lipinski definition) is 3. The van der Waals surface area contributed by atoms with Crippen LogP contribution < -0.4 is 10.6 Å². The number of benzene rings is 1. The minimum Gasteiger partial charge on any atom is -0.352 e. The maximum absolute atomic E-state index is 13.1. The molecule has 120 valence electrons. The van der Waals surface area contributed by atoms with Crippen molar-refractivity contribution in [2.24, 2.45) is 0 Å². The lowest BCUT2D eigenvalue weighted by Crippen LogP contribution is -2.24. The Kier molecular flexibility index (Phi) is 5.35. The van der Waals surface area contributed by atoms with Gasteiger partial charge in [-0.1, -0.05) is 6.92 Å². The van der Waals surface area contributed by atoms with Gasteiger partial charge in [0.05, 0.1) is 0 Å². The molecule has 0 spiro atoms. The van der Waals surface area contributed by atoms with Crippen LogP contribution in [0.1, 0.15) is 34.2 Å². The van der Waals surface area contributed by atoms with E-state index in [1.165, 1.54) is 24.4 Å². The standard InChI is InChI=1S/C16H15F2N3O2/c1-2-6-20-15(22)10-5-7-19-14(8-10)16(23)21-11-3-4-12(17)13(18)9-11/h3-5,7-9H,2,6H2,1H3,(H,20,22)(H,21,23). The predicted molar refractivity (Wildman–Crippen MR) is 81.2 cm³/mol. The smallest absolute Gasteiger partial charge is 0.274 e. The average Bonchev–Trinajstić information content (AvgIpc) is 2.56. The molecular formula is C16H15F2N3O2. The van der Waals surface area contributed by atoms with E-state index in [9.17, 15) is 18.4 Å². The summed E-state index contributed by atoms with van der Waals surface area (Å²) in [6, 6.07) is 5.83. The van der Waals surface area contributed by atoms with E-state index in [1.54, 1.807) is 0 Å². The van der Waals surface area contributed by atoms with Gasteiger partial charge >= 0.3 is 0 Å². The van der Waals surface area contributed by atoms with Crippen LogP contribution in [0.25, 0.3) is 0 Å². The van der Waals surface area contributed by atoms with Crippen molar-refractivity contribution in [1.82, 2.24) is 10.3 Å². The van der Waals surface area contributed by atoms with Crippen molar-refractivity contribution in [3.63, 3.8) is 0 Å². The van der Waals surface area contributed by atoms with Crippen LogP contribution in [0.15, 0.2) is 36.5 Å². The molecule has 0 aliphatic heterocycles. The lowest BCUT2D eigenvalue weighted by Gasteiger charge is -2.07. The summed E-state index contributed by atoms with van der Waals surface area (Å²) < 4.78 is 26.0. The molecule has 1 aromatic carbocycles. The molecule has 0 unspecified atom stereocenters. The molecule has 0 atom stereocenters. The third-order valence-corrected chi connectivity index (χ3v) is 2.97. The topological polar surface area (TPSA) is 71.1 Å².